The van der Waals surface area contributed by atoms with E-state index in [0.717, 1.165) is 34.7 Å². The van der Waals surface area contributed by atoms with Gasteiger partial charge in [-0.05, 0) is 68.7 Å². The Hall–Kier alpha value is -4.51. The van der Waals surface area contributed by atoms with Crippen LogP contribution in [0.3, 0.4) is 0 Å². The fourth-order valence-corrected chi connectivity index (χ4v) is 6.95. The molecule has 3 atom stereocenters. The summed E-state index contributed by atoms with van der Waals surface area (Å²) < 4.78 is 11.1. The number of carbonyl (C=O) groups excluding carboxylic acids is 3. The van der Waals surface area contributed by atoms with Gasteiger partial charge in [0.15, 0.2) is 0 Å². The molecule has 10 nitrogen and oxygen atoms in total. The van der Waals surface area contributed by atoms with Crippen LogP contribution in [0.1, 0.15) is 36.9 Å². The van der Waals surface area contributed by atoms with Gasteiger partial charge in [0.05, 0.1) is 30.3 Å². The van der Waals surface area contributed by atoms with Crippen LogP contribution in [0.2, 0.25) is 0 Å². The Labute approximate surface area is 254 Å². The maximum Gasteiger partial charge on any atom is 0.327 e. The van der Waals surface area contributed by atoms with E-state index in [-0.39, 0.29) is 23.9 Å². The molecule has 222 valence electrons. The van der Waals surface area contributed by atoms with E-state index < -0.39 is 11.3 Å². The molecule has 2 aromatic carbocycles. The van der Waals surface area contributed by atoms with E-state index in [0.29, 0.717) is 36.8 Å². The van der Waals surface area contributed by atoms with Crippen molar-refractivity contribution in [2.75, 3.05) is 24.6 Å². The lowest BCUT2D eigenvalue weighted by molar-refractivity contribution is -0.129. The third-order valence-corrected chi connectivity index (χ3v) is 8.99. The highest BCUT2D eigenvalue weighted by Gasteiger charge is 2.47. The van der Waals surface area contributed by atoms with E-state index in [9.17, 15) is 14.4 Å². The average molecular weight is 600 g/mol. The van der Waals surface area contributed by atoms with Crippen molar-refractivity contribution in [3.8, 4) is 11.5 Å². The number of piperidine rings is 1. The van der Waals surface area contributed by atoms with Gasteiger partial charge in [0.1, 0.15) is 21.8 Å². The summed E-state index contributed by atoms with van der Waals surface area (Å²) in [5, 5.41) is 6.34. The van der Waals surface area contributed by atoms with Crippen molar-refractivity contribution in [1.29, 1.82) is 0 Å². The van der Waals surface area contributed by atoms with E-state index in [4.69, 9.17) is 9.47 Å². The lowest BCUT2D eigenvalue weighted by Gasteiger charge is -2.36. The molecule has 11 heteroatoms. The zero-order valence-electron chi connectivity index (χ0n) is 24.0. The monoisotopic (exact) mass is 599 g/mol. The molecule has 6 rings (SSSR count). The largest absolute Gasteiger partial charge is 0.501 e. The maximum atomic E-state index is 13.6. The third kappa shape index (κ3) is 5.90. The van der Waals surface area contributed by atoms with Gasteiger partial charge in [-0.25, -0.2) is 9.78 Å². The van der Waals surface area contributed by atoms with Crippen molar-refractivity contribution in [1.82, 2.24) is 20.5 Å². The number of urea groups is 1. The molecule has 43 heavy (non-hydrogen) atoms. The molecular formula is C32H33N5O5S. The smallest absolute Gasteiger partial charge is 0.327 e. The number of rotatable bonds is 8. The molecule has 0 saturated carbocycles. The summed E-state index contributed by atoms with van der Waals surface area (Å²) in [5.74, 6) is 1.07. The van der Waals surface area contributed by atoms with Gasteiger partial charge >= 0.3 is 6.03 Å². The Kier molecular flexibility index (Phi) is 8.24. The van der Waals surface area contributed by atoms with E-state index in [1.807, 2.05) is 68.4 Å². The van der Waals surface area contributed by atoms with Gasteiger partial charge in [-0.15, -0.1) is 0 Å². The second-order valence-corrected chi connectivity index (χ2v) is 11.7. The molecule has 4 heterocycles. The quantitative estimate of drug-likeness (QED) is 0.270. The first kappa shape index (κ1) is 28.6. The van der Waals surface area contributed by atoms with Gasteiger partial charge in [0, 0.05) is 37.0 Å². The number of thioether (sulfide) groups is 1. The third-order valence-electron chi connectivity index (χ3n) is 7.71. The Balaban J connectivity index is 1.18. The molecule has 3 aliphatic rings. The Morgan fingerprint density at radius 3 is 2.77 bits per heavy atom. The predicted molar refractivity (Wildman–Crippen MR) is 163 cm³/mol. The molecular weight excluding hydrogens is 566 g/mol. The minimum Gasteiger partial charge on any atom is -0.501 e. The van der Waals surface area contributed by atoms with Gasteiger partial charge in [0.2, 0.25) is 11.8 Å². The first-order valence-corrected chi connectivity index (χ1v) is 15.3. The zero-order chi connectivity index (χ0) is 29.9. The Morgan fingerprint density at radius 2 is 1.98 bits per heavy atom. The van der Waals surface area contributed by atoms with Gasteiger partial charge in [0.25, 0.3) is 0 Å². The van der Waals surface area contributed by atoms with Gasteiger partial charge in [-0.1, -0.05) is 30.0 Å². The molecule has 0 aliphatic carbocycles. The summed E-state index contributed by atoms with van der Waals surface area (Å²) in [7, 11) is 0. The van der Waals surface area contributed by atoms with Crippen LogP contribution in [0, 0.1) is 6.92 Å². The second kappa shape index (κ2) is 12.4. The van der Waals surface area contributed by atoms with E-state index in [1.54, 1.807) is 16.0 Å². The van der Waals surface area contributed by atoms with Crippen molar-refractivity contribution < 1.29 is 23.9 Å². The van der Waals surface area contributed by atoms with E-state index in [1.165, 1.54) is 24.1 Å². The average Bonchev–Trinajstić information content (AvgIpc) is 3.38. The summed E-state index contributed by atoms with van der Waals surface area (Å²) in [6.45, 7) is 5.33. The molecule has 4 amide bonds. The topological polar surface area (TPSA) is 113 Å². The highest BCUT2D eigenvalue weighted by molar-refractivity contribution is 8.01. The predicted octanol–water partition coefficient (Wildman–Crippen LogP) is 5.22. The van der Waals surface area contributed by atoms with Crippen molar-refractivity contribution in [3.05, 3.63) is 84.3 Å². The van der Waals surface area contributed by atoms with E-state index >= 15 is 0 Å². The van der Waals surface area contributed by atoms with Crippen LogP contribution in [0.25, 0.3) is 0 Å². The number of para-hydroxylation sites is 1. The maximum absolute atomic E-state index is 13.6. The minimum atomic E-state index is -0.582. The summed E-state index contributed by atoms with van der Waals surface area (Å²) in [4.78, 5) is 47.7. The zero-order valence-corrected chi connectivity index (χ0v) is 24.8. The fourth-order valence-electron chi connectivity index (χ4n) is 5.72. The highest BCUT2D eigenvalue weighted by Crippen LogP contribution is 2.51. The number of ether oxygens (including phenoxy) is 2. The number of hydrogen-bond acceptors (Lipinski definition) is 7. The number of pyridine rings is 1. The van der Waals surface area contributed by atoms with Crippen LogP contribution in [0.15, 0.2) is 78.2 Å². The van der Waals surface area contributed by atoms with Crippen LogP contribution in [-0.4, -0.2) is 58.7 Å². The lowest BCUT2D eigenvalue weighted by atomic mass is 9.98. The molecule has 2 unspecified atom stereocenters. The van der Waals surface area contributed by atoms with Gasteiger partial charge in [-0.2, -0.15) is 0 Å². The normalized spacial score (nSPS) is 20.9. The van der Waals surface area contributed by atoms with Crippen LogP contribution >= 0.6 is 11.8 Å². The van der Waals surface area contributed by atoms with Crippen molar-refractivity contribution >= 4 is 41.0 Å². The SMILES string of the molecule is CCO/C=C/C(=O)N1CCCC(NC(=O)[C@@H]2Sc3nccc4c3C2NC(=O)N4c2ccc(Oc3ccccc3)cc2C)C1. The molecule has 0 radical (unpaired) electrons. The number of benzene rings is 2. The molecule has 0 spiro atoms. The lowest BCUT2D eigenvalue weighted by Crippen LogP contribution is -2.53. The Bertz CT molecular complexity index is 1560. The van der Waals surface area contributed by atoms with Crippen LogP contribution in [-0.2, 0) is 14.3 Å². The number of hydrogen-bond donors (Lipinski definition) is 2. The number of anilines is 2. The van der Waals surface area contributed by atoms with Crippen molar-refractivity contribution in [2.24, 2.45) is 0 Å². The number of likely N-dealkylation sites (tertiary alicyclic amines) is 1. The first-order chi connectivity index (χ1) is 20.9. The number of carbonyl (C=O) groups is 3. The fraction of sp³-hybridized carbons (Fsp3) is 0.312. The number of aryl methyl sites for hydroxylation is 1. The number of aromatic nitrogens is 1. The molecule has 2 N–H and O–H groups in total. The Morgan fingerprint density at radius 1 is 1.14 bits per heavy atom. The summed E-state index contributed by atoms with van der Waals surface area (Å²) >= 11 is 1.35. The second-order valence-electron chi connectivity index (χ2n) is 10.6. The number of nitrogens with zero attached hydrogens (tertiary/aromatic N) is 3. The van der Waals surface area contributed by atoms with Gasteiger partial charge < -0.3 is 25.0 Å². The molecule has 0 bridgehead atoms. The number of nitrogens with one attached hydrogen (secondary N) is 2. The van der Waals surface area contributed by atoms with E-state index in [2.05, 4.69) is 15.6 Å². The van der Waals surface area contributed by atoms with Crippen LogP contribution in [0.5, 0.6) is 11.5 Å². The minimum absolute atomic E-state index is 0.140. The van der Waals surface area contributed by atoms with Crippen LogP contribution in [0.4, 0.5) is 16.2 Å². The van der Waals surface area contributed by atoms with Crippen LogP contribution < -0.4 is 20.3 Å². The molecule has 3 aliphatic heterocycles. The first-order valence-electron chi connectivity index (χ1n) is 14.4. The van der Waals surface area contributed by atoms with Crippen molar-refractivity contribution in [3.63, 3.8) is 0 Å². The van der Waals surface area contributed by atoms with Crippen molar-refractivity contribution in [2.45, 2.75) is 49.0 Å². The standard InChI is InChI=1S/C32H33N5O5S/c1-3-41-17-14-26(38)36-16-7-8-21(19-36)34-30(39)29-28-27-25(13-15-33-31(27)43-29)37(32(40)35-28)24-12-11-23(18-20(24)2)42-22-9-5-4-6-10-22/h4-6,9-15,17-18,21,28-29H,3,7-8,16,19H2,1-2H3,(H,34,39)(H,35,40)/b17-14+/t21?,28?,29-/m1/s1. The molecule has 1 fully saturated rings. The number of amides is 4. The molecule has 1 aromatic heterocycles. The van der Waals surface area contributed by atoms with Gasteiger partial charge in [-0.3, -0.25) is 14.5 Å². The summed E-state index contributed by atoms with van der Waals surface area (Å²) in [6, 6.07) is 15.9. The molecule has 3 aromatic rings. The summed E-state index contributed by atoms with van der Waals surface area (Å²) in [5.41, 5.74) is 3.11. The molecule has 1 saturated heterocycles. The highest BCUT2D eigenvalue weighted by atomic mass is 32.2. The summed E-state index contributed by atoms with van der Waals surface area (Å²) in [6.07, 6.45) is 6.05.